The van der Waals surface area contributed by atoms with E-state index in [1.165, 1.54) is 0 Å². The Morgan fingerprint density at radius 1 is 1.32 bits per heavy atom. The molecule has 0 fully saturated rings. The van der Waals surface area contributed by atoms with E-state index in [-0.39, 0.29) is 5.91 Å². The van der Waals surface area contributed by atoms with E-state index in [0.29, 0.717) is 12.6 Å². The van der Waals surface area contributed by atoms with E-state index in [2.05, 4.69) is 29.8 Å². The van der Waals surface area contributed by atoms with Crippen molar-refractivity contribution in [2.24, 2.45) is 0 Å². The molecule has 4 nitrogen and oxygen atoms in total. The molecule has 0 radical (unpaired) electrons. The molecule has 5 heteroatoms. The quantitative estimate of drug-likeness (QED) is 0.757. The molecule has 1 aromatic heterocycles. The van der Waals surface area contributed by atoms with E-state index >= 15 is 0 Å². The number of aryl methyl sites for hydroxylation is 1. The van der Waals surface area contributed by atoms with Gasteiger partial charge >= 0.3 is 0 Å². The molecule has 0 saturated heterocycles. The Kier molecular flexibility index (Phi) is 6.72. The topological polar surface area (TPSA) is 57.8 Å². The number of nitrogens with one attached hydrogen (secondary N) is 1. The lowest BCUT2D eigenvalue weighted by atomic mass is 10.1. The van der Waals surface area contributed by atoms with Crippen LogP contribution in [0.5, 0.6) is 0 Å². The molecule has 1 amide bonds. The van der Waals surface area contributed by atoms with Crippen LogP contribution in [-0.4, -0.2) is 22.8 Å². The minimum atomic E-state index is -0.0157. The van der Waals surface area contributed by atoms with Gasteiger partial charge in [0.25, 0.3) is 5.91 Å². The number of carbonyl (C=O) groups is 1. The van der Waals surface area contributed by atoms with Crippen LogP contribution in [0.3, 0.4) is 0 Å². The van der Waals surface area contributed by atoms with Crippen molar-refractivity contribution in [3.63, 3.8) is 0 Å². The summed E-state index contributed by atoms with van der Waals surface area (Å²) in [6.45, 7) is 8.89. The first-order valence-corrected chi connectivity index (χ1v) is 9.63. The van der Waals surface area contributed by atoms with E-state index in [1.807, 2.05) is 44.2 Å². The van der Waals surface area contributed by atoms with Crippen molar-refractivity contribution >= 4 is 17.7 Å². The molecule has 1 N–H and O–H groups in total. The molecule has 0 aliphatic rings. The summed E-state index contributed by atoms with van der Waals surface area (Å²) in [5.41, 5.74) is 4.65. The molecule has 1 aromatic carbocycles. The third-order valence-electron chi connectivity index (χ3n) is 4.17. The first-order valence-electron chi connectivity index (χ1n) is 8.48. The number of hydrogen-bond donors (Lipinski definition) is 1. The molecule has 25 heavy (non-hydrogen) atoms. The monoisotopic (exact) mass is 355 g/mol. The summed E-state index contributed by atoms with van der Waals surface area (Å²) >= 11 is 1.72. The van der Waals surface area contributed by atoms with Gasteiger partial charge in [-0.25, -0.2) is 0 Å². The second-order valence-electron chi connectivity index (χ2n) is 6.33. The van der Waals surface area contributed by atoms with E-state index in [9.17, 15) is 4.79 Å². The average Bonchev–Trinajstić information content (AvgIpc) is 2.89. The Balaban J connectivity index is 1.84. The van der Waals surface area contributed by atoms with Gasteiger partial charge in [-0.3, -0.25) is 4.79 Å². The Morgan fingerprint density at radius 3 is 2.68 bits per heavy atom. The van der Waals surface area contributed by atoms with E-state index in [0.717, 1.165) is 39.6 Å². The van der Waals surface area contributed by atoms with Crippen LogP contribution in [0, 0.1) is 25.2 Å². The van der Waals surface area contributed by atoms with E-state index < -0.39 is 0 Å². The molecule has 2 rings (SSSR count). The van der Waals surface area contributed by atoms with Crippen molar-refractivity contribution in [3.8, 4) is 6.07 Å². The minimum Gasteiger partial charge on any atom is -0.351 e. The number of amides is 1. The van der Waals surface area contributed by atoms with Crippen molar-refractivity contribution in [2.75, 3.05) is 12.3 Å². The number of nitrogens with zero attached hydrogens (tertiary/aromatic N) is 2. The van der Waals surface area contributed by atoms with Crippen molar-refractivity contribution in [1.82, 2.24) is 9.88 Å². The van der Waals surface area contributed by atoms with Gasteiger partial charge in [0.05, 0.1) is 17.2 Å². The molecule has 132 valence electrons. The van der Waals surface area contributed by atoms with Crippen LogP contribution in [0.4, 0.5) is 0 Å². The number of nitriles is 1. The third-order valence-corrected chi connectivity index (χ3v) is 5.18. The highest BCUT2D eigenvalue weighted by atomic mass is 32.2. The number of hydrogen-bond acceptors (Lipinski definition) is 3. The summed E-state index contributed by atoms with van der Waals surface area (Å²) in [5.74, 6) is 1.58. The molecule has 0 aliphatic carbocycles. The maximum absolute atomic E-state index is 12.4. The van der Waals surface area contributed by atoms with Gasteiger partial charge in [-0.15, -0.1) is 0 Å². The Bertz CT molecular complexity index is 787. The fourth-order valence-electron chi connectivity index (χ4n) is 3.07. The standard InChI is InChI=1S/C20H25N3OS/c1-14(2)23-15(3)11-19(16(23)4)20(24)22-9-10-25-13-18-8-6-5-7-17(18)12-21/h5-8,11,14H,9-10,13H2,1-4H3,(H,22,24). The number of carbonyl (C=O) groups excluding carboxylic acids is 1. The normalized spacial score (nSPS) is 10.7. The van der Waals surface area contributed by atoms with E-state index in [1.54, 1.807) is 11.8 Å². The molecule has 2 aromatic rings. The third kappa shape index (κ3) is 4.67. The Hall–Kier alpha value is -2.19. The zero-order valence-corrected chi connectivity index (χ0v) is 16.1. The van der Waals surface area contributed by atoms with Gasteiger partial charge < -0.3 is 9.88 Å². The van der Waals surface area contributed by atoms with Crippen LogP contribution in [-0.2, 0) is 5.75 Å². The Morgan fingerprint density at radius 2 is 2.04 bits per heavy atom. The molecular weight excluding hydrogens is 330 g/mol. The second-order valence-corrected chi connectivity index (χ2v) is 7.43. The van der Waals surface area contributed by atoms with Crippen LogP contribution in [0.2, 0.25) is 0 Å². The lowest BCUT2D eigenvalue weighted by Crippen LogP contribution is -2.26. The van der Waals surface area contributed by atoms with Gasteiger partial charge in [0.2, 0.25) is 0 Å². The van der Waals surface area contributed by atoms with Crippen molar-refractivity contribution < 1.29 is 4.79 Å². The molecule has 1 heterocycles. The van der Waals surface area contributed by atoms with Gasteiger partial charge in [0, 0.05) is 35.5 Å². The largest absolute Gasteiger partial charge is 0.351 e. The highest BCUT2D eigenvalue weighted by Gasteiger charge is 2.16. The maximum Gasteiger partial charge on any atom is 0.253 e. The van der Waals surface area contributed by atoms with Gasteiger partial charge in [-0.05, 0) is 45.4 Å². The molecule has 0 bridgehead atoms. The van der Waals surface area contributed by atoms with Gasteiger partial charge in [-0.2, -0.15) is 17.0 Å². The molecule has 0 aliphatic heterocycles. The van der Waals surface area contributed by atoms with Crippen molar-refractivity contribution in [1.29, 1.82) is 5.26 Å². The lowest BCUT2D eigenvalue weighted by Gasteiger charge is -2.13. The SMILES string of the molecule is Cc1cc(C(=O)NCCSCc2ccccc2C#N)c(C)n1C(C)C. The maximum atomic E-state index is 12.4. The fraction of sp³-hybridized carbons (Fsp3) is 0.400. The molecule has 0 saturated carbocycles. The van der Waals surface area contributed by atoms with Crippen LogP contribution in [0.25, 0.3) is 0 Å². The van der Waals surface area contributed by atoms with Crippen molar-refractivity contribution in [2.45, 2.75) is 39.5 Å². The second kappa shape index (κ2) is 8.77. The van der Waals surface area contributed by atoms with Gasteiger partial charge in [0.15, 0.2) is 0 Å². The lowest BCUT2D eigenvalue weighted by molar-refractivity contribution is 0.0955. The zero-order chi connectivity index (χ0) is 18.4. The van der Waals surface area contributed by atoms with Crippen LogP contribution < -0.4 is 5.32 Å². The van der Waals surface area contributed by atoms with Crippen LogP contribution in [0.1, 0.15) is 52.8 Å². The Labute approximate surface area is 154 Å². The predicted molar refractivity (Wildman–Crippen MR) is 104 cm³/mol. The molecule has 0 spiro atoms. The number of benzene rings is 1. The summed E-state index contributed by atoms with van der Waals surface area (Å²) in [6.07, 6.45) is 0. The first-order chi connectivity index (χ1) is 12.0. The summed E-state index contributed by atoms with van der Waals surface area (Å²) in [4.78, 5) is 12.4. The molecule has 0 atom stereocenters. The predicted octanol–water partition coefficient (Wildman–Crippen LogP) is 4.22. The smallest absolute Gasteiger partial charge is 0.253 e. The van der Waals surface area contributed by atoms with Gasteiger partial charge in [-0.1, -0.05) is 18.2 Å². The molecular formula is C20H25N3OS. The zero-order valence-electron chi connectivity index (χ0n) is 15.3. The highest BCUT2D eigenvalue weighted by molar-refractivity contribution is 7.98. The average molecular weight is 356 g/mol. The van der Waals surface area contributed by atoms with Gasteiger partial charge in [0.1, 0.15) is 0 Å². The summed E-state index contributed by atoms with van der Waals surface area (Å²) in [7, 11) is 0. The summed E-state index contributed by atoms with van der Waals surface area (Å²) in [6, 6.07) is 12.2. The number of rotatable bonds is 7. The minimum absolute atomic E-state index is 0.0157. The van der Waals surface area contributed by atoms with E-state index in [4.69, 9.17) is 5.26 Å². The van der Waals surface area contributed by atoms with Crippen molar-refractivity contribution in [3.05, 3.63) is 58.4 Å². The number of aromatic nitrogens is 1. The summed E-state index contributed by atoms with van der Waals surface area (Å²) in [5, 5.41) is 12.1. The number of thioether (sulfide) groups is 1. The van der Waals surface area contributed by atoms with Crippen LogP contribution in [0.15, 0.2) is 30.3 Å². The molecule has 0 unspecified atom stereocenters. The summed E-state index contributed by atoms with van der Waals surface area (Å²) < 4.78 is 2.18. The van der Waals surface area contributed by atoms with Crippen LogP contribution >= 0.6 is 11.8 Å². The first kappa shape index (κ1) is 19.1. The fourth-order valence-corrected chi connectivity index (χ4v) is 3.93. The highest BCUT2D eigenvalue weighted by Crippen LogP contribution is 2.20.